The van der Waals surface area contributed by atoms with Gasteiger partial charge in [0.05, 0.1) is 6.33 Å². The summed E-state index contributed by atoms with van der Waals surface area (Å²) in [6.45, 7) is 3.67. The number of imidazole rings is 1. The number of nitrogens with zero attached hydrogens (tertiary/aromatic N) is 5. The summed E-state index contributed by atoms with van der Waals surface area (Å²) in [5, 5.41) is 7.49. The van der Waals surface area contributed by atoms with Gasteiger partial charge >= 0.3 is 0 Å². The van der Waals surface area contributed by atoms with Crippen molar-refractivity contribution in [1.29, 1.82) is 0 Å². The van der Waals surface area contributed by atoms with Gasteiger partial charge in [-0.05, 0) is 70.1 Å². The summed E-state index contributed by atoms with van der Waals surface area (Å²) in [7, 11) is 0. The van der Waals surface area contributed by atoms with Crippen LogP contribution < -0.4 is 16.4 Å². The molecule has 0 amide bonds. The van der Waals surface area contributed by atoms with Crippen LogP contribution in [0, 0.1) is 5.92 Å². The van der Waals surface area contributed by atoms with Crippen molar-refractivity contribution in [2.24, 2.45) is 11.7 Å². The number of rotatable bonds is 7. The molecule has 0 atom stereocenters. The molecule has 36 heavy (non-hydrogen) atoms. The van der Waals surface area contributed by atoms with Gasteiger partial charge in [0.2, 0.25) is 5.95 Å². The summed E-state index contributed by atoms with van der Waals surface area (Å²) in [5.74, 6) is 2.59. The van der Waals surface area contributed by atoms with E-state index >= 15 is 0 Å². The Bertz CT molecular complexity index is 977. The molecule has 3 saturated carbocycles. The molecule has 1 aliphatic heterocycles. The monoisotopic (exact) mass is 494 g/mol. The molecule has 3 heterocycles. The van der Waals surface area contributed by atoms with Crippen LogP contribution in [0.4, 0.5) is 11.8 Å². The Kier molecular flexibility index (Phi) is 7.60. The number of piperidine rings is 1. The standard InChI is InChI=1S/C28H46N8/c29-21-10-12-22(13-11-21)32-28-33-26(25-27(34-28)36(19-30-25)24-8-4-5-9-24)31-23-14-16-35(17-15-23)18-20-6-2-1-3-7-20/h19-24H,1-18,29H2,(H2,31,32,33,34). The fourth-order valence-corrected chi connectivity index (χ4v) is 7.17. The second-order valence-electron chi connectivity index (χ2n) is 12.1. The third-order valence-corrected chi connectivity index (χ3v) is 9.41. The van der Waals surface area contributed by atoms with Crippen LogP contribution in [-0.4, -0.2) is 62.2 Å². The molecule has 4 N–H and O–H groups in total. The second-order valence-corrected chi connectivity index (χ2v) is 12.1. The first kappa shape index (κ1) is 24.4. The summed E-state index contributed by atoms with van der Waals surface area (Å²) >= 11 is 0. The first-order valence-corrected chi connectivity index (χ1v) is 15.0. The van der Waals surface area contributed by atoms with E-state index in [9.17, 15) is 0 Å². The molecule has 4 aliphatic rings. The maximum absolute atomic E-state index is 6.15. The fraction of sp³-hybridized carbons (Fsp3) is 0.821. The predicted octanol–water partition coefficient (Wildman–Crippen LogP) is 5.08. The van der Waals surface area contributed by atoms with E-state index in [-0.39, 0.29) is 0 Å². The van der Waals surface area contributed by atoms with Crippen LogP contribution in [0.15, 0.2) is 6.33 Å². The summed E-state index contributed by atoms with van der Waals surface area (Å²) < 4.78 is 2.32. The van der Waals surface area contributed by atoms with Gasteiger partial charge < -0.3 is 25.8 Å². The zero-order chi connectivity index (χ0) is 24.3. The number of fused-ring (bicyclic) bond motifs is 1. The lowest BCUT2D eigenvalue weighted by atomic mass is 9.88. The van der Waals surface area contributed by atoms with Crippen LogP contribution in [-0.2, 0) is 0 Å². The van der Waals surface area contributed by atoms with Crippen LogP contribution in [0.3, 0.4) is 0 Å². The van der Waals surface area contributed by atoms with Crippen molar-refractivity contribution in [1.82, 2.24) is 24.4 Å². The number of likely N-dealkylation sites (tertiary alicyclic amines) is 1. The van der Waals surface area contributed by atoms with Gasteiger partial charge in [-0.15, -0.1) is 0 Å². The van der Waals surface area contributed by atoms with Crippen LogP contribution >= 0.6 is 0 Å². The van der Waals surface area contributed by atoms with E-state index in [1.165, 1.54) is 90.3 Å². The molecule has 3 aliphatic carbocycles. The first-order valence-electron chi connectivity index (χ1n) is 15.0. The van der Waals surface area contributed by atoms with Crippen molar-refractivity contribution >= 4 is 22.9 Å². The van der Waals surface area contributed by atoms with Crippen molar-refractivity contribution in [3.05, 3.63) is 6.33 Å². The normalized spacial score (nSPS) is 27.6. The van der Waals surface area contributed by atoms with E-state index in [2.05, 4.69) is 20.1 Å². The van der Waals surface area contributed by atoms with Crippen molar-refractivity contribution in [3.8, 4) is 0 Å². The molecule has 4 fully saturated rings. The van der Waals surface area contributed by atoms with E-state index in [0.717, 1.165) is 54.5 Å². The van der Waals surface area contributed by atoms with Gasteiger partial charge in [0.25, 0.3) is 0 Å². The molecule has 198 valence electrons. The van der Waals surface area contributed by atoms with E-state index in [0.29, 0.717) is 24.2 Å². The molecule has 1 saturated heterocycles. The summed E-state index contributed by atoms with van der Waals surface area (Å²) in [6, 6.07) is 1.71. The molecule has 0 bridgehead atoms. The quantitative estimate of drug-likeness (QED) is 0.494. The van der Waals surface area contributed by atoms with Crippen LogP contribution in [0.2, 0.25) is 0 Å². The summed E-state index contributed by atoms with van der Waals surface area (Å²) in [5.41, 5.74) is 8.07. The zero-order valence-corrected chi connectivity index (χ0v) is 22.0. The molecule has 0 radical (unpaired) electrons. The lowest BCUT2D eigenvalue weighted by Crippen LogP contribution is -2.41. The first-order chi connectivity index (χ1) is 17.7. The van der Waals surface area contributed by atoms with Gasteiger partial charge in [-0.2, -0.15) is 9.97 Å². The Hall–Kier alpha value is -1.93. The van der Waals surface area contributed by atoms with E-state index < -0.39 is 0 Å². The summed E-state index contributed by atoms with van der Waals surface area (Å²) in [4.78, 5) is 17.6. The highest BCUT2D eigenvalue weighted by atomic mass is 15.2. The molecule has 0 spiro atoms. The number of aromatic nitrogens is 4. The Balaban J connectivity index is 1.16. The van der Waals surface area contributed by atoms with Crippen molar-refractivity contribution < 1.29 is 0 Å². The Morgan fingerprint density at radius 1 is 0.778 bits per heavy atom. The molecule has 0 aromatic carbocycles. The highest BCUT2D eigenvalue weighted by Gasteiger charge is 2.27. The number of hydrogen-bond donors (Lipinski definition) is 3. The number of anilines is 2. The van der Waals surface area contributed by atoms with Crippen molar-refractivity contribution in [3.63, 3.8) is 0 Å². The van der Waals surface area contributed by atoms with Crippen molar-refractivity contribution in [2.45, 2.75) is 120 Å². The molecule has 6 rings (SSSR count). The summed E-state index contributed by atoms with van der Waals surface area (Å²) in [6.07, 6.45) is 20.9. The number of nitrogens with two attached hydrogens (primary N) is 1. The molecular weight excluding hydrogens is 448 g/mol. The third-order valence-electron chi connectivity index (χ3n) is 9.41. The minimum atomic E-state index is 0.344. The van der Waals surface area contributed by atoms with E-state index in [1.807, 2.05) is 6.33 Å². The smallest absolute Gasteiger partial charge is 0.227 e. The third kappa shape index (κ3) is 5.64. The number of hydrogen-bond acceptors (Lipinski definition) is 7. The van der Waals surface area contributed by atoms with Crippen LogP contribution in [0.25, 0.3) is 11.2 Å². The van der Waals surface area contributed by atoms with Gasteiger partial charge in [-0.3, -0.25) is 0 Å². The van der Waals surface area contributed by atoms with Crippen molar-refractivity contribution in [2.75, 3.05) is 30.3 Å². The molecule has 2 aromatic heterocycles. The van der Waals surface area contributed by atoms with Crippen LogP contribution in [0.1, 0.15) is 102 Å². The predicted molar refractivity (Wildman–Crippen MR) is 146 cm³/mol. The van der Waals surface area contributed by atoms with E-state index in [4.69, 9.17) is 20.7 Å². The molecule has 8 heteroatoms. The minimum Gasteiger partial charge on any atom is -0.365 e. The van der Waals surface area contributed by atoms with Gasteiger partial charge in [-0.1, -0.05) is 32.1 Å². The Morgan fingerprint density at radius 2 is 1.47 bits per heavy atom. The lowest BCUT2D eigenvalue weighted by molar-refractivity contribution is 0.168. The maximum atomic E-state index is 6.15. The molecule has 0 unspecified atom stereocenters. The highest BCUT2D eigenvalue weighted by Crippen LogP contribution is 2.34. The molecule has 8 nitrogen and oxygen atoms in total. The second kappa shape index (κ2) is 11.2. The number of nitrogens with one attached hydrogen (secondary N) is 2. The average molecular weight is 495 g/mol. The van der Waals surface area contributed by atoms with Gasteiger partial charge in [-0.25, -0.2) is 4.98 Å². The lowest BCUT2D eigenvalue weighted by Gasteiger charge is -2.35. The Morgan fingerprint density at radius 3 is 2.22 bits per heavy atom. The topological polar surface area (TPSA) is 96.9 Å². The maximum Gasteiger partial charge on any atom is 0.227 e. The van der Waals surface area contributed by atoms with Crippen LogP contribution in [0.5, 0.6) is 0 Å². The van der Waals surface area contributed by atoms with Gasteiger partial charge in [0, 0.05) is 43.8 Å². The fourth-order valence-electron chi connectivity index (χ4n) is 7.17. The molecular formula is C28H46N8. The van der Waals surface area contributed by atoms with Gasteiger partial charge in [0.15, 0.2) is 17.0 Å². The molecule has 2 aromatic rings. The zero-order valence-electron chi connectivity index (χ0n) is 22.0. The highest BCUT2D eigenvalue weighted by molar-refractivity contribution is 5.84. The van der Waals surface area contributed by atoms with E-state index in [1.54, 1.807) is 0 Å². The minimum absolute atomic E-state index is 0.344. The largest absolute Gasteiger partial charge is 0.365 e. The van der Waals surface area contributed by atoms with Gasteiger partial charge in [0.1, 0.15) is 0 Å². The average Bonchev–Trinajstić information content (AvgIpc) is 3.58. The SMILES string of the molecule is NC1CCC(Nc2nc(NC3CCN(CC4CCCCC4)CC3)c3ncn(C4CCCC4)c3n2)CC1. The Labute approximate surface area is 216 Å².